The molecule has 0 aromatic carbocycles. The summed E-state index contributed by atoms with van der Waals surface area (Å²) in [6.07, 6.45) is 6.89. The summed E-state index contributed by atoms with van der Waals surface area (Å²) in [7, 11) is 0. The van der Waals surface area contributed by atoms with Crippen molar-refractivity contribution in [3.8, 4) is 11.8 Å². The quantitative estimate of drug-likeness (QED) is 0.285. The smallest absolute Gasteiger partial charge is 0.237 e. The number of hydrogen-bond acceptors (Lipinski definition) is 3. The number of nitrogens with one attached hydrogen (secondary N) is 1. The molecule has 0 aromatic rings. The van der Waals surface area contributed by atoms with E-state index in [4.69, 9.17) is 15.9 Å². The Hall–Kier alpha value is -2.06. The monoisotopic (exact) mass is 401 g/mol. The average Bonchev–Trinajstić information content (AvgIpc) is 3.31. The van der Waals surface area contributed by atoms with Gasteiger partial charge >= 0.3 is 0 Å². The summed E-state index contributed by atoms with van der Waals surface area (Å²) in [4.78, 5) is 14.9. The van der Waals surface area contributed by atoms with Crippen LogP contribution in [0.2, 0.25) is 0 Å². The van der Waals surface area contributed by atoms with Gasteiger partial charge in [-0.2, -0.15) is 0 Å². The predicted molar refractivity (Wildman–Crippen MR) is 120 cm³/mol. The van der Waals surface area contributed by atoms with Crippen LogP contribution in [-0.4, -0.2) is 36.0 Å². The van der Waals surface area contributed by atoms with Crippen molar-refractivity contribution in [2.75, 3.05) is 13.2 Å². The number of amides is 1. The standard InChI is InChI=1S/C23H35N3O2.CH4/c1-6-23(4,5)20(17(3)14-16(2)9-10-18-11-12-18)21(27)26(22(24)25)15-19-8-7-13-28-19;/h14,18-20H,2,6-8,11-13,15H2,1,3-5H3,(H3,24,25);1H4/b17-14+;. The second kappa shape index (κ2) is 10.6. The Morgan fingerprint density at radius 2 is 2.07 bits per heavy atom. The molecule has 162 valence electrons. The van der Waals surface area contributed by atoms with E-state index in [-0.39, 0.29) is 30.8 Å². The Morgan fingerprint density at radius 3 is 2.55 bits per heavy atom. The van der Waals surface area contributed by atoms with E-state index in [1.165, 1.54) is 17.7 Å². The first-order valence-electron chi connectivity index (χ1n) is 10.3. The number of ether oxygens (including phenoxy) is 1. The van der Waals surface area contributed by atoms with Crippen molar-refractivity contribution in [3.63, 3.8) is 0 Å². The van der Waals surface area contributed by atoms with Gasteiger partial charge in [-0.1, -0.05) is 52.2 Å². The van der Waals surface area contributed by atoms with E-state index in [9.17, 15) is 4.79 Å². The second-order valence-electron chi connectivity index (χ2n) is 8.70. The van der Waals surface area contributed by atoms with Gasteiger partial charge in [-0.05, 0) is 50.5 Å². The maximum atomic E-state index is 13.5. The second-order valence-corrected chi connectivity index (χ2v) is 8.70. The van der Waals surface area contributed by atoms with Crippen LogP contribution in [0.4, 0.5) is 0 Å². The summed E-state index contributed by atoms with van der Waals surface area (Å²) >= 11 is 0. The molecule has 29 heavy (non-hydrogen) atoms. The number of carbonyl (C=O) groups excluding carboxylic acids is 1. The number of nitrogens with zero attached hydrogens (tertiary/aromatic N) is 1. The van der Waals surface area contributed by atoms with Gasteiger partial charge in [-0.15, -0.1) is 0 Å². The van der Waals surface area contributed by atoms with Crippen LogP contribution in [0.25, 0.3) is 0 Å². The lowest BCUT2D eigenvalue weighted by Gasteiger charge is -2.37. The minimum absolute atomic E-state index is 0. The number of carbonyl (C=O) groups is 1. The van der Waals surface area contributed by atoms with Gasteiger partial charge in [0.05, 0.1) is 18.6 Å². The van der Waals surface area contributed by atoms with Crippen molar-refractivity contribution in [1.82, 2.24) is 4.90 Å². The van der Waals surface area contributed by atoms with Gasteiger partial charge in [0.25, 0.3) is 0 Å². The molecule has 2 rings (SSSR count). The molecule has 2 aliphatic rings. The molecule has 5 heteroatoms. The highest BCUT2D eigenvalue weighted by Crippen LogP contribution is 2.37. The maximum absolute atomic E-state index is 13.5. The normalized spacial score (nSPS) is 20.1. The van der Waals surface area contributed by atoms with E-state index in [0.717, 1.165) is 30.4 Å². The number of hydrogen-bond donors (Lipinski definition) is 2. The van der Waals surface area contributed by atoms with Crippen LogP contribution in [0.1, 0.15) is 67.2 Å². The SMILES string of the molecule is C.C=C(C#CC1CC1)/C=C(\C)C(C(=O)N(CC1CCCO1)C(=N)N)C(C)(C)CC. The molecule has 2 unspecified atom stereocenters. The molecule has 3 N–H and O–H groups in total. The zero-order valence-electron chi connectivity index (χ0n) is 17.8. The number of guanidine groups is 1. The molecule has 0 aromatic heterocycles. The number of rotatable bonds is 7. The van der Waals surface area contributed by atoms with Crippen LogP contribution in [0.5, 0.6) is 0 Å². The van der Waals surface area contributed by atoms with Crippen molar-refractivity contribution >= 4 is 11.9 Å². The van der Waals surface area contributed by atoms with E-state index in [0.29, 0.717) is 19.1 Å². The molecule has 2 atom stereocenters. The fourth-order valence-corrected chi connectivity index (χ4v) is 3.62. The lowest BCUT2D eigenvalue weighted by Crippen LogP contribution is -2.50. The third-order valence-electron chi connectivity index (χ3n) is 5.78. The summed E-state index contributed by atoms with van der Waals surface area (Å²) in [5.74, 6) is 6.07. The lowest BCUT2D eigenvalue weighted by molar-refractivity contribution is -0.135. The first-order chi connectivity index (χ1) is 13.2. The molecule has 5 nitrogen and oxygen atoms in total. The number of allylic oxidation sites excluding steroid dienone is 2. The van der Waals surface area contributed by atoms with Gasteiger partial charge in [0.15, 0.2) is 5.96 Å². The summed E-state index contributed by atoms with van der Waals surface area (Å²) in [5.41, 5.74) is 7.15. The van der Waals surface area contributed by atoms with Crippen LogP contribution in [0.15, 0.2) is 23.8 Å². The fourth-order valence-electron chi connectivity index (χ4n) is 3.62. The largest absolute Gasteiger partial charge is 0.376 e. The molecule has 1 aliphatic carbocycles. The fraction of sp³-hybridized carbons (Fsp3) is 0.667. The van der Waals surface area contributed by atoms with Gasteiger partial charge in [-0.3, -0.25) is 15.1 Å². The Morgan fingerprint density at radius 1 is 1.41 bits per heavy atom. The average molecular weight is 402 g/mol. The van der Waals surface area contributed by atoms with Crippen LogP contribution in [-0.2, 0) is 9.53 Å². The lowest BCUT2D eigenvalue weighted by atomic mass is 9.72. The van der Waals surface area contributed by atoms with Gasteiger partial charge in [-0.25, -0.2) is 0 Å². The van der Waals surface area contributed by atoms with Crippen molar-refractivity contribution in [2.45, 2.75) is 73.3 Å². The molecule has 0 bridgehead atoms. The maximum Gasteiger partial charge on any atom is 0.237 e. The summed E-state index contributed by atoms with van der Waals surface area (Å²) in [6, 6.07) is 0. The van der Waals surface area contributed by atoms with Crippen LogP contribution in [0.3, 0.4) is 0 Å². The Bertz CT molecular complexity index is 701. The summed E-state index contributed by atoms with van der Waals surface area (Å²) < 4.78 is 5.67. The molecule has 0 spiro atoms. The van der Waals surface area contributed by atoms with E-state index in [2.05, 4.69) is 39.2 Å². The highest BCUT2D eigenvalue weighted by Gasteiger charge is 2.39. The first kappa shape index (κ1) is 25.0. The van der Waals surface area contributed by atoms with Crippen LogP contribution < -0.4 is 5.73 Å². The van der Waals surface area contributed by atoms with Gasteiger partial charge < -0.3 is 10.5 Å². The summed E-state index contributed by atoms with van der Waals surface area (Å²) in [5, 5.41) is 7.97. The van der Waals surface area contributed by atoms with E-state index in [1.807, 2.05) is 13.0 Å². The molecule has 1 aliphatic heterocycles. The molecule has 1 amide bonds. The van der Waals surface area contributed by atoms with Crippen LogP contribution >= 0.6 is 0 Å². The minimum atomic E-state index is -0.401. The molecule has 1 heterocycles. The first-order valence-corrected chi connectivity index (χ1v) is 10.3. The summed E-state index contributed by atoms with van der Waals surface area (Å²) in [6.45, 7) is 13.3. The van der Waals surface area contributed by atoms with E-state index < -0.39 is 5.92 Å². The molecule has 2 fully saturated rings. The Labute approximate surface area is 177 Å². The van der Waals surface area contributed by atoms with Gasteiger partial charge in [0, 0.05) is 18.1 Å². The topological polar surface area (TPSA) is 79.4 Å². The predicted octanol–water partition coefficient (Wildman–Crippen LogP) is 4.49. The number of nitrogens with two attached hydrogens (primary N) is 1. The highest BCUT2D eigenvalue weighted by atomic mass is 16.5. The van der Waals surface area contributed by atoms with Gasteiger partial charge in [0.2, 0.25) is 5.91 Å². The molecular weight excluding hydrogens is 362 g/mol. The highest BCUT2D eigenvalue weighted by molar-refractivity contribution is 5.97. The molecule has 1 saturated heterocycles. The van der Waals surface area contributed by atoms with Crippen molar-refractivity contribution in [2.24, 2.45) is 23.0 Å². The Balaban J connectivity index is 0.00000420. The molecule has 1 saturated carbocycles. The van der Waals surface area contributed by atoms with Gasteiger partial charge in [0.1, 0.15) is 0 Å². The van der Waals surface area contributed by atoms with Crippen molar-refractivity contribution in [3.05, 3.63) is 23.8 Å². The third-order valence-corrected chi connectivity index (χ3v) is 5.78. The van der Waals surface area contributed by atoms with E-state index >= 15 is 0 Å². The van der Waals surface area contributed by atoms with Crippen LogP contribution in [0, 0.1) is 34.5 Å². The Kier molecular flexibility index (Phi) is 9.16. The molecular formula is C24H39N3O2. The zero-order valence-corrected chi connectivity index (χ0v) is 17.8. The zero-order chi connectivity index (χ0) is 20.9. The van der Waals surface area contributed by atoms with Crippen molar-refractivity contribution in [1.29, 1.82) is 5.41 Å². The third kappa shape index (κ3) is 7.04. The minimum Gasteiger partial charge on any atom is -0.376 e. The van der Waals surface area contributed by atoms with Crippen molar-refractivity contribution < 1.29 is 9.53 Å². The van der Waals surface area contributed by atoms with E-state index in [1.54, 1.807) is 0 Å². The molecule has 0 radical (unpaired) electrons.